The van der Waals surface area contributed by atoms with Crippen LogP contribution in [0.1, 0.15) is 16.8 Å². The lowest BCUT2D eigenvalue weighted by atomic mass is 10.2. The summed E-state index contributed by atoms with van der Waals surface area (Å²) in [5, 5.41) is 10.1. The molecule has 3 aromatic rings. The Bertz CT molecular complexity index is 1030. The number of methoxy groups -OCH3 is 1. The van der Waals surface area contributed by atoms with Crippen molar-refractivity contribution in [1.29, 1.82) is 0 Å². The van der Waals surface area contributed by atoms with Gasteiger partial charge in [-0.1, -0.05) is 12.1 Å². The number of aryl methyl sites for hydroxylation is 1. The number of halogens is 1. The second-order valence-corrected chi connectivity index (χ2v) is 5.77. The van der Waals surface area contributed by atoms with E-state index in [1.165, 1.54) is 19.2 Å². The second kappa shape index (κ2) is 8.76. The van der Waals surface area contributed by atoms with E-state index < -0.39 is 5.69 Å². The van der Waals surface area contributed by atoms with Crippen molar-refractivity contribution in [2.24, 2.45) is 5.10 Å². The van der Waals surface area contributed by atoms with Gasteiger partial charge < -0.3 is 9.47 Å². The molecule has 1 aromatic heterocycles. The number of anilines is 1. The monoisotopic (exact) mass is 383 g/mol. The van der Waals surface area contributed by atoms with Crippen LogP contribution in [0.3, 0.4) is 0 Å². The van der Waals surface area contributed by atoms with Gasteiger partial charge in [-0.25, -0.2) is 14.3 Å². The Hall–Kier alpha value is -3.75. The van der Waals surface area contributed by atoms with Gasteiger partial charge in [0, 0.05) is 0 Å². The van der Waals surface area contributed by atoms with Crippen LogP contribution in [0.2, 0.25) is 0 Å². The molecule has 0 aliphatic carbocycles. The molecule has 0 atom stereocenters. The van der Waals surface area contributed by atoms with Crippen molar-refractivity contribution in [1.82, 2.24) is 15.2 Å². The zero-order chi connectivity index (χ0) is 19.9. The average Bonchev–Trinajstić information content (AvgIpc) is 2.70. The predicted octanol–water partition coefficient (Wildman–Crippen LogP) is 2.65. The van der Waals surface area contributed by atoms with E-state index in [0.717, 1.165) is 11.1 Å². The van der Waals surface area contributed by atoms with Crippen LogP contribution in [0.4, 0.5) is 10.2 Å². The van der Waals surface area contributed by atoms with Crippen molar-refractivity contribution in [2.45, 2.75) is 13.5 Å². The van der Waals surface area contributed by atoms with Gasteiger partial charge in [-0.05, 0) is 48.4 Å². The van der Waals surface area contributed by atoms with E-state index in [9.17, 15) is 9.18 Å². The maximum Gasteiger partial charge on any atom is 0.363 e. The summed E-state index contributed by atoms with van der Waals surface area (Å²) in [5.74, 6) is 1.05. The van der Waals surface area contributed by atoms with Crippen molar-refractivity contribution in [3.63, 3.8) is 0 Å². The molecule has 1 heterocycles. The first kappa shape index (κ1) is 19.0. The molecule has 2 N–H and O–H groups in total. The number of rotatable bonds is 7. The largest absolute Gasteiger partial charge is 0.493 e. The molecule has 0 amide bonds. The molecule has 28 heavy (non-hydrogen) atoms. The molecule has 0 bridgehead atoms. The molecule has 0 saturated heterocycles. The lowest BCUT2D eigenvalue weighted by Crippen LogP contribution is -2.15. The zero-order valence-corrected chi connectivity index (χ0v) is 15.3. The van der Waals surface area contributed by atoms with Crippen molar-refractivity contribution in [3.05, 3.63) is 75.6 Å². The molecule has 3 rings (SSSR count). The first-order valence-corrected chi connectivity index (χ1v) is 8.33. The van der Waals surface area contributed by atoms with Crippen LogP contribution in [-0.4, -0.2) is 28.5 Å². The minimum atomic E-state index is -0.562. The number of aromatic nitrogens is 3. The summed E-state index contributed by atoms with van der Waals surface area (Å²) < 4.78 is 24.1. The zero-order valence-electron chi connectivity index (χ0n) is 15.3. The number of benzene rings is 2. The van der Waals surface area contributed by atoms with Crippen LogP contribution < -0.4 is 20.6 Å². The minimum Gasteiger partial charge on any atom is -0.493 e. The van der Waals surface area contributed by atoms with E-state index in [0.29, 0.717) is 17.2 Å². The van der Waals surface area contributed by atoms with Gasteiger partial charge in [-0.15, -0.1) is 0 Å². The topological polar surface area (TPSA) is 101 Å². The predicted molar refractivity (Wildman–Crippen MR) is 102 cm³/mol. The molecule has 0 aliphatic rings. The third kappa shape index (κ3) is 4.91. The van der Waals surface area contributed by atoms with Crippen LogP contribution in [-0.2, 0) is 6.61 Å². The highest BCUT2D eigenvalue weighted by molar-refractivity contribution is 5.81. The standard InChI is InChI=1S/C19H18FN5O3/c1-12-18(22-19(26)25-23-12)24-21-10-14-5-8-16(17(9-14)27-2)28-11-13-3-6-15(20)7-4-13/h3-10H,11H2,1-2H3,(H2,22,24,25,26)/b21-10-. The highest BCUT2D eigenvalue weighted by Crippen LogP contribution is 2.28. The fourth-order valence-corrected chi connectivity index (χ4v) is 2.29. The molecule has 0 fully saturated rings. The van der Waals surface area contributed by atoms with E-state index in [1.807, 2.05) is 0 Å². The molecule has 0 unspecified atom stereocenters. The molecule has 0 radical (unpaired) electrons. The molecule has 2 aromatic carbocycles. The van der Waals surface area contributed by atoms with E-state index in [-0.39, 0.29) is 18.2 Å². The van der Waals surface area contributed by atoms with Crippen molar-refractivity contribution in [3.8, 4) is 11.5 Å². The van der Waals surface area contributed by atoms with Gasteiger partial charge in [0.25, 0.3) is 0 Å². The number of ether oxygens (including phenoxy) is 2. The molecule has 8 nitrogen and oxygen atoms in total. The van der Waals surface area contributed by atoms with Crippen LogP contribution in [0.5, 0.6) is 11.5 Å². The number of H-pyrrole nitrogens is 1. The molecular formula is C19H18FN5O3. The van der Waals surface area contributed by atoms with Crippen LogP contribution >= 0.6 is 0 Å². The third-order valence-corrected chi connectivity index (χ3v) is 3.75. The minimum absolute atomic E-state index is 0.270. The first-order valence-electron chi connectivity index (χ1n) is 8.33. The van der Waals surface area contributed by atoms with Crippen LogP contribution in [0, 0.1) is 12.7 Å². The molecule has 0 saturated carbocycles. The van der Waals surface area contributed by atoms with E-state index in [2.05, 4.69) is 25.7 Å². The Kier molecular flexibility index (Phi) is 5.95. The Balaban J connectivity index is 1.67. The maximum absolute atomic E-state index is 13.0. The highest BCUT2D eigenvalue weighted by Gasteiger charge is 2.06. The summed E-state index contributed by atoms with van der Waals surface area (Å²) in [6.45, 7) is 1.98. The summed E-state index contributed by atoms with van der Waals surface area (Å²) in [4.78, 5) is 15.0. The van der Waals surface area contributed by atoms with E-state index in [1.54, 1.807) is 43.5 Å². The summed E-state index contributed by atoms with van der Waals surface area (Å²) in [5.41, 5.74) is 4.21. The van der Waals surface area contributed by atoms with Crippen molar-refractivity contribution >= 4 is 12.0 Å². The maximum atomic E-state index is 13.0. The molecule has 144 valence electrons. The number of hydrazone groups is 1. The number of hydrogen-bond donors (Lipinski definition) is 2. The quantitative estimate of drug-likeness (QED) is 0.480. The fraction of sp³-hybridized carbons (Fsp3) is 0.158. The summed E-state index contributed by atoms with van der Waals surface area (Å²) >= 11 is 0. The third-order valence-electron chi connectivity index (χ3n) is 3.75. The number of nitrogens with zero attached hydrogens (tertiary/aromatic N) is 3. The average molecular weight is 383 g/mol. The van der Waals surface area contributed by atoms with Crippen molar-refractivity contribution < 1.29 is 13.9 Å². The number of nitrogens with one attached hydrogen (secondary N) is 2. The van der Waals surface area contributed by atoms with Gasteiger partial charge in [-0.3, -0.25) is 5.43 Å². The Morgan fingerprint density at radius 2 is 2.00 bits per heavy atom. The summed E-state index contributed by atoms with van der Waals surface area (Å²) in [7, 11) is 1.54. The number of aromatic amines is 1. The number of hydrogen-bond acceptors (Lipinski definition) is 7. The Labute approximate surface area is 160 Å². The van der Waals surface area contributed by atoms with Gasteiger partial charge in [0.2, 0.25) is 0 Å². The van der Waals surface area contributed by atoms with E-state index in [4.69, 9.17) is 9.47 Å². The van der Waals surface area contributed by atoms with Crippen LogP contribution in [0.15, 0.2) is 52.4 Å². The smallest absolute Gasteiger partial charge is 0.363 e. The molecule has 0 spiro atoms. The van der Waals surface area contributed by atoms with Crippen molar-refractivity contribution in [2.75, 3.05) is 12.5 Å². The lowest BCUT2D eigenvalue weighted by Gasteiger charge is -2.11. The normalized spacial score (nSPS) is 10.8. The molecule has 9 heteroatoms. The van der Waals surface area contributed by atoms with Gasteiger partial charge in [0.1, 0.15) is 18.1 Å². The Morgan fingerprint density at radius 3 is 2.75 bits per heavy atom. The van der Waals surface area contributed by atoms with Gasteiger partial charge in [0.05, 0.1) is 13.3 Å². The second-order valence-electron chi connectivity index (χ2n) is 5.77. The first-order chi connectivity index (χ1) is 13.5. The highest BCUT2D eigenvalue weighted by atomic mass is 19.1. The van der Waals surface area contributed by atoms with Gasteiger partial charge >= 0.3 is 5.69 Å². The summed E-state index contributed by atoms with van der Waals surface area (Å²) in [6, 6.07) is 11.4. The summed E-state index contributed by atoms with van der Waals surface area (Å²) in [6.07, 6.45) is 1.55. The van der Waals surface area contributed by atoms with Crippen LogP contribution in [0.25, 0.3) is 0 Å². The Morgan fingerprint density at radius 1 is 1.21 bits per heavy atom. The SMILES string of the molecule is COc1cc(/C=N\Nc2nc(=O)[nH]nc2C)ccc1OCc1ccc(F)cc1. The molecular weight excluding hydrogens is 365 g/mol. The lowest BCUT2D eigenvalue weighted by molar-refractivity contribution is 0.284. The molecule has 0 aliphatic heterocycles. The van der Waals surface area contributed by atoms with Gasteiger partial charge in [-0.2, -0.15) is 15.2 Å². The van der Waals surface area contributed by atoms with Gasteiger partial charge in [0.15, 0.2) is 17.3 Å². The van der Waals surface area contributed by atoms with E-state index >= 15 is 0 Å². The fourth-order valence-electron chi connectivity index (χ4n) is 2.29.